The quantitative estimate of drug-likeness (QED) is 0.178. The predicted molar refractivity (Wildman–Crippen MR) is 159 cm³/mol. The lowest BCUT2D eigenvalue weighted by Crippen LogP contribution is -2.25. The first-order valence-corrected chi connectivity index (χ1v) is 15.2. The second-order valence-corrected chi connectivity index (χ2v) is 12.1. The van der Waals surface area contributed by atoms with Crippen LogP contribution >= 0.6 is 11.6 Å². The van der Waals surface area contributed by atoms with Gasteiger partial charge in [-0.3, -0.25) is 10.00 Å². The van der Waals surface area contributed by atoms with Gasteiger partial charge in [0.25, 0.3) is 0 Å². The van der Waals surface area contributed by atoms with Crippen LogP contribution in [0.4, 0.5) is 0 Å². The summed E-state index contributed by atoms with van der Waals surface area (Å²) in [5.74, 6) is 0.717. The highest BCUT2D eigenvalue weighted by molar-refractivity contribution is 6.34. The molecule has 1 aromatic carbocycles. The first-order valence-electron chi connectivity index (χ1n) is 14.8. The largest absolute Gasteiger partial charge is 0.299 e. The summed E-state index contributed by atoms with van der Waals surface area (Å²) in [5, 5.41) is 8.71. The minimum atomic E-state index is -0.0883. The van der Waals surface area contributed by atoms with Crippen LogP contribution in [-0.2, 0) is 12.0 Å². The molecule has 0 saturated carbocycles. The Morgan fingerprint density at radius 2 is 1.46 bits per heavy atom. The molecule has 0 bridgehead atoms. The van der Waals surface area contributed by atoms with E-state index in [4.69, 9.17) is 21.7 Å². The average molecular weight is 528 g/mol. The van der Waals surface area contributed by atoms with Gasteiger partial charge in [0.15, 0.2) is 11.5 Å². The monoisotopic (exact) mass is 527 g/mol. The van der Waals surface area contributed by atoms with Crippen LogP contribution in [-0.4, -0.2) is 37.8 Å². The van der Waals surface area contributed by atoms with Crippen molar-refractivity contribution in [1.29, 1.82) is 0 Å². The minimum absolute atomic E-state index is 0.0883. The summed E-state index contributed by atoms with van der Waals surface area (Å²) >= 11 is 6.66. The van der Waals surface area contributed by atoms with E-state index in [1.165, 1.54) is 95.7 Å². The summed E-state index contributed by atoms with van der Waals surface area (Å²) in [4.78, 5) is 7.45. The van der Waals surface area contributed by atoms with E-state index in [1.54, 1.807) is 4.63 Å². The molecular formula is C31H50ClN5. The molecule has 0 radical (unpaired) electrons. The summed E-state index contributed by atoms with van der Waals surface area (Å²) in [6, 6.07) is 8.73. The number of aromatic nitrogens is 4. The maximum Gasteiger partial charge on any atom is 0.194 e. The number of H-pyrrole nitrogens is 1. The Bertz CT molecular complexity index is 1050. The van der Waals surface area contributed by atoms with Crippen molar-refractivity contribution in [2.24, 2.45) is 0 Å². The fourth-order valence-electron chi connectivity index (χ4n) is 4.99. The number of halogens is 1. The van der Waals surface area contributed by atoms with Gasteiger partial charge in [-0.05, 0) is 37.6 Å². The molecule has 1 N–H and O–H groups in total. The number of aromatic amines is 1. The van der Waals surface area contributed by atoms with E-state index in [-0.39, 0.29) is 5.41 Å². The van der Waals surface area contributed by atoms with Crippen molar-refractivity contribution in [1.82, 2.24) is 24.7 Å². The molecule has 0 aliphatic heterocycles. The molecule has 0 saturated heterocycles. The van der Waals surface area contributed by atoms with Crippen molar-refractivity contribution in [2.75, 3.05) is 13.1 Å². The number of hydrogen-bond acceptors (Lipinski definition) is 3. The number of unbranched alkanes of at least 4 members (excludes halogenated alkanes) is 10. The SMILES string of the molecule is CCCCCCCCN(CCCCCCCC)Cc1cccc(-c2nc3c(Cl)c(C(C)(C)C)[nH]n3n2)c1. The fourth-order valence-corrected chi connectivity index (χ4v) is 5.43. The van der Waals surface area contributed by atoms with E-state index in [9.17, 15) is 0 Å². The maximum atomic E-state index is 6.66. The number of nitrogens with one attached hydrogen (secondary N) is 1. The number of fused-ring (bicyclic) bond motifs is 1. The third-order valence-corrected chi connectivity index (χ3v) is 7.60. The van der Waals surface area contributed by atoms with Crippen LogP contribution < -0.4 is 0 Å². The first-order chi connectivity index (χ1) is 17.8. The predicted octanol–water partition coefficient (Wildman–Crippen LogP) is 9.20. The molecule has 3 aromatic rings. The van der Waals surface area contributed by atoms with Crippen molar-refractivity contribution >= 4 is 17.2 Å². The zero-order valence-corrected chi connectivity index (χ0v) is 24.8. The van der Waals surface area contributed by atoms with Crippen molar-refractivity contribution in [3.8, 4) is 11.4 Å². The van der Waals surface area contributed by atoms with Gasteiger partial charge in [0.05, 0.1) is 5.69 Å². The van der Waals surface area contributed by atoms with Gasteiger partial charge in [-0.25, -0.2) is 4.98 Å². The summed E-state index contributed by atoms with van der Waals surface area (Å²) in [6.45, 7) is 14.3. The van der Waals surface area contributed by atoms with Gasteiger partial charge in [0.1, 0.15) is 5.02 Å². The minimum Gasteiger partial charge on any atom is -0.299 e. The van der Waals surface area contributed by atoms with E-state index in [0.717, 1.165) is 17.8 Å². The molecule has 2 heterocycles. The molecule has 3 rings (SSSR count). The lowest BCUT2D eigenvalue weighted by atomic mass is 9.92. The van der Waals surface area contributed by atoms with Gasteiger partial charge in [0.2, 0.25) is 0 Å². The second kappa shape index (κ2) is 14.9. The molecule has 6 heteroatoms. The third-order valence-electron chi connectivity index (χ3n) is 7.24. The third kappa shape index (κ3) is 9.14. The van der Waals surface area contributed by atoms with Crippen molar-refractivity contribution in [2.45, 2.75) is 124 Å². The van der Waals surface area contributed by atoms with Crippen LogP contribution in [0.2, 0.25) is 5.02 Å². The first kappa shape index (κ1) is 29.7. The van der Waals surface area contributed by atoms with Crippen LogP contribution in [0.5, 0.6) is 0 Å². The number of rotatable bonds is 17. The number of benzene rings is 1. The van der Waals surface area contributed by atoms with Gasteiger partial charge >= 0.3 is 0 Å². The number of nitrogens with zero attached hydrogens (tertiary/aromatic N) is 4. The zero-order valence-electron chi connectivity index (χ0n) is 24.1. The van der Waals surface area contributed by atoms with E-state index in [1.807, 2.05) is 0 Å². The summed E-state index contributed by atoms with van der Waals surface area (Å²) in [6.07, 6.45) is 16.1. The molecule has 37 heavy (non-hydrogen) atoms. The average Bonchev–Trinajstić information content (AvgIpc) is 3.43. The molecule has 0 atom stereocenters. The lowest BCUT2D eigenvalue weighted by molar-refractivity contribution is 0.252. The highest BCUT2D eigenvalue weighted by Gasteiger charge is 2.24. The molecule has 206 valence electrons. The van der Waals surface area contributed by atoms with Crippen molar-refractivity contribution < 1.29 is 0 Å². The smallest absolute Gasteiger partial charge is 0.194 e. The summed E-state index contributed by atoms with van der Waals surface area (Å²) < 4.78 is 1.72. The van der Waals surface area contributed by atoms with Crippen LogP contribution in [0.1, 0.15) is 123 Å². The Balaban J connectivity index is 1.65. The Hall–Kier alpha value is -1.85. The fraction of sp³-hybridized carbons (Fsp3) is 0.677. The Morgan fingerprint density at radius 1 is 0.865 bits per heavy atom. The lowest BCUT2D eigenvalue weighted by Gasteiger charge is -2.23. The molecule has 0 unspecified atom stereocenters. The summed E-state index contributed by atoms with van der Waals surface area (Å²) in [7, 11) is 0. The normalized spacial score (nSPS) is 12.3. The molecule has 0 spiro atoms. The van der Waals surface area contributed by atoms with Gasteiger partial charge in [-0.15, -0.1) is 5.10 Å². The van der Waals surface area contributed by atoms with Gasteiger partial charge in [0, 0.05) is 17.5 Å². The summed E-state index contributed by atoms with van der Waals surface area (Å²) in [5.41, 5.74) is 3.94. The standard InChI is InChI=1S/C31H50ClN5/c1-6-8-10-12-14-16-21-36(22-17-15-13-11-9-7-2)24-25-19-18-20-26(23-25)29-33-30-27(32)28(31(3,4)5)34-37(30)35-29/h18-20,23,34H,6-17,21-22,24H2,1-5H3. The maximum absolute atomic E-state index is 6.66. The topological polar surface area (TPSA) is 49.2 Å². The Morgan fingerprint density at radius 3 is 2.03 bits per heavy atom. The van der Waals surface area contributed by atoms with E-state index >= 15 is 0 Å². The second-order valence-electron chi connectivity index (χ2n) is 11.7. The molecule has 2 aromatic heterocycles. The van der Waals surface area contributed by atoms with Gasteiger partial charge < -0.3 is 0 Å². The molecule has 0 aliphatic carbocycles. The van der Waals surface area contributed by atoms with Crippen molar-refractivity contribution in [3.05, 3.63) is 40.5 Å². The highest BCUT2D eigenvalue weighted by atomic mass is 35.5. The van der Waals surface area contributed by atoms with Crippen LogP contribution in [0, 0.1) is 0 Å². The van der Waals surface area contributed by atoms with Crippen molar-refractivity contribution in [3.63, 3.8) is 0 Å². The molecule has 0 fully saturated rings. The molecule has 0 aliphatic rings. The molecule has 0 amide bonds. The molecule has 5 nitrogen and oxygen atoms in total. The van der Waals surface area contributed by atoms with Crippen LogP contribution in [0.3, 0.4) is 0 Å². The number of hydrogen-bond donors (Lipinski definition) is 1. The van der Waals surface area contributed by atoms with E-state index in [0.29, 0.717) is 16.5 Å². The van der Waals surface area contributed by atoms with Crippen LogP contribution in [0.15, 0.2) is 24.3 Å². The van der Waals surface area contributed by atoms with Crippen LogP contribution in [0.25, 0.3) is 17.0 Å². The Kier molecular flexibility index (Phi) is 12.0. The zero-order chi connectivity index (χ0) is 26.7. The Labute approximate surface area is 230 Å². The highest BCUT2D eigenvalue weighted by Crippen LogP contribution is 2.32. The van der Waals surface area contributed by atoms with Gasteiger partial charge in [-0.2, -0.15) is 4.63 Å². The van der Waals surface area contributed by atoms with E-state index < -0.39 is 0 Å². The van der Waals surface area contributed by atoms with Gasteiger partial charge in [-0.1, -0.05) is 129 Å². The molecular weight excluding hydrogens is 478 g/mol. The van der Waals surface area contributed by atoms with E-state index in [2.05, 4.69) is 68.9 Å².